The average Bonchev–Trinajstić information content (AvgIpc) is 2.81. The van der Waals surface area contributed by atoms with E-state index in [1.807, 2.05) is 0 Å². The van der Waals surface area contributed by atoms with Gasteiger partial charge in [0.2, 0.25) is 0 Å². The lowest BCUT2D eigenvalue weighted by Gasteiger charge is -2.38. The molecule has 0 N–H and O–H groups in total. The van der Waals surface area contributed by atoms with Gasteiger partial charge in [-0.2, -0.15) is 13.2 Å². The van der Waals surface area contributed by atoms with Gasteiger partial charge in [0.15, 0.2) is 11.6 Å². The summed E-state index contributed by atoms with van der Waals surface area (Å²) in [6.45, 7) is 2.23. The van der Waals surface area contributed by atoms with Crippen molar-refractivity contribution in [1.29, 1.82) is 0 Å². The Hall–Kier alpha value is -2.18. The maximum absolute atomic E-state index is 15.3. The van der Waals surface area contributed by atoms with Crippen LogP contribution in [-0.4, -0.2) is 0 Å². The number of alkyl halides is 3. The first kappa shape index (κ1) is 25.9. The van der Waals surface area contributed by atoms with E-state index >= 15 is 4.39 Å². The highest BCUT2D eigenvalue weighted by atomic mass is 19.4. The smallest absolute Gasteiger partial charge is 0.419 e. The van der Waals surface area contributed by atoms with Crippen molar-refractivity contribution in [1.82, 2.24) is 0 Å². The Morgan fingerprint density at radius 2 is 1.51 bits per heavy atom. The van der Waals surface area contributed by atoms with Gasteiger partial charge in [-0.1, -0.05) is 32.6 Å². The van der Waals surface area contributed by atoms with E-state index < -0.39 is 34.9 Å². The minimum atomic E-state index is -4.85. The highest BCUT2D eigenvalue weighted by Gasteiger charge is 2.35. The fourth-order valence-corrected chi connectivity index (χ4v) is 6.09. The quantitative estimate of drug-likeness (QED) is 0.361. The van der Waals surface area contributed by atoms with Crippen LogP contribution in [-0.2, 0) is 6.18 Å². The number of hydrogen-bond acceptors (Lipinski definition) is 1. The monoisotopic (exact) mass is 497 g/mol. The fourth-order valence-electron chi connectivity index (χ4n) is 6.09. The third-order valence-corrected chi connectivity index (χ3v) is 7.92. The van der Waals surface area contributed by atoms with Crippen molar-refractivity contribution < 1.29 is 31.1 Å². The predicted octanol–water partition coefficient (Wildman–Crippen LogP) is 9.60. The summed E-state index contributed by atoms with van der Waals surface area (Å²) in [5.74, 6) is -2.11. The summed E-state index contributed by atoms with van der Waals surface area (Å²) in [6, 6.07) is 5.32. The van der Waals surface area contributed by atoms with Crippen LogP contribution in [0.1, 0.15) is 88.2 Å². The van der Waals surface area contributed by atoms with Crippen LogP contribution in [0.3, 0.4) is 0 Å². The molecule has 35 heavy (non-hydrogen) atoms. The van der Waals surface area contributed by atoms with Crippen molar-refractivity contribution in [2.24, 2.45) is 17.8 Å². The highest BCUT2D eigenvalue weighted by molar-refractivity contribution is 5.39. The third-order valence-electron chi connectivity index (χ3n) is 7.92. The molecule has 2 saturated carbocycles. The lowest BCUT2D eigenvalue weighted by molar-refractivity contribution is -0.140. The van der Waals surface area contributed by atoms with Gasteiger partial charge in [-0.25, -0.2) is 13.2 Å². The van der Waals surface area contributed by atoms with Gasteiger partial charge in [0.1, 0.15) is 17.4 Å². The summed E-state index contributed by atoms with van der Waals surface area (Å²) in [4.78, 5) is 0. The first-order valence-electron chi connectivity index (χ1n) is 12.6. The summed E-state index contributed by atoms with van der Waals surface area (Å²) in [5.41, 5.74) is -1.51. The van der Waals surface area contributed by atoms with Crippen molar-refractivity contribution in [3.63, 3.8) is 0 Å². The second-order valence-electron chi connectivity index (χ2n) is 10.1. The average molecular weight is 498 g/mol. The molecule has 2 aliphatic carbocycles. The molecule has 4 rings (SSSR count). The van der Waals surface area contributed by atoms with Crippen molar-refractivity contribution >= 4 is 0 Å². The summed E-state index contributed by atoms with van der Waals surface area (Å²) in [7, 11) is 0. The fraction of sp³-hybridized carbons (Fsp3) is 0.571. The number of rotatable bonds is 6. The molecular weight excluding hydrogens is 466 g/mol. The summed E-state index contributed by atoms with van der Waals surface area (Å²) in [5, 5.41) is 0. The van der Waals surface area contributed by atoms with Crippen molar-refractivity contribution in [2.75, 3.05) is 0 Å². The van der Waals surface area contributed by atoms with E-state index in [0.29, 0.717) is 36.8 Å². The summed E-state index contributed by atoms with van der Waals surface area (Å²) in [6.07, 6.45) is 5.90. The largest absolute Gasteiger partial charge is 0.454 e. The topological polar surface area (TPSA) is 9.23 Å². The Kier molecular flexibility index (Phi) is 8.02. The van der Waals surface area contributed by atoms with Crippen molar-refractivity contribution in [3.05, 3.63) is 58.9 Å². The van der Waals surface area contributed by atoms with E-state index in [0.717, 1.165) is 30.9 Å². The predicted molar refractivity (Wildman–Crippen MR) is 122 cm³/mol. The number of hydrogen-bond donors (Lipinski definition) is 0. The summed E-state index contributed by atoms with van der Waals surface area (Å²) >= 11 is 0. The number of ether oxygens (including phenoxy) is 1. The zero-order valence-electron chi connectivity index (χ0n) is 19.9. The van der Waals surface area contributed by atoms with Crippen LogP contribution in [0.25, 0.3) is 0 Å². The molecule has 2 aliphatic rings. The maximum Gasteiger partial charge on any atom is 0.419 e. The molecule has 0 amide bonds. The Bertz CT molecular complexity index is 1000. The Labute approximate surface area is 202 Å². The van der Waals surface area contributed by atoms with Crippen LogP contribution in [0.2, 0.25) is 0 Å². The highest BCUT2D eigenvalue weighted by Crippen LogP contribution is 2.46. The molecule has 2 fully saturated rings. The molecule has 0 unspecified atom stereocenters. The third kappa shape index (κ3) is 5.97. The standard InChI is InChI=1S/C28H31F6O/c1-2-3-17-4-6-18(7-5-17)19-8-10-20(11-9-19)26-23(29)14-15-25(27(26)31)35-21-12-13-22(24(30)16-21)28(32,33)34/h12-14,16-20H,2-11H2,1H3/t17-,18-,19?,20?. The Morgan fingerprint density at radius 3 is 2.09 bits per heavy atom. The van der Waals surface area contributed by atoms with E-state index in [1.54, 1.807) is 0 Å². The molecule has 1 radical (unpaired) electrons. The molecule has 7 heteroatoms. The molecule has 191 valence electrons. The maximum atomic E-state index is 15.3. The van der Waals surface area contributed by atoms with E-state index in [-0.39, 0.29) is 17.2 Å². The molecule has 0 aromatic heterocycles. The van der Waals surface area contributed by atoms with E-state index in [9.17, 15) is 22.0 Å². The lowest BCUT2D eigenvalue weighted by atomic mass is 9.68. The van der Waals surface area contributed by atoms with Gasteiger partial charge in [-0.15, -0.1) is 0 Å². The van der Waals surface area contributed by atoms with Gasteiger partial charge in [-0.3, -0.25) is 0 Å². The Morgan fingerprint density at radius 1 is 0.886 bits per heavy atom. The first-order chi connectivity index (χ1) is 16.7. The second-order valence-corrected chi connectivity index (χ2v) is 10.1. The van der Waals surface area contributed by atoms with E-state index in [4.69, 9.17) is 4.74 Å². The minimum Gasteiger partial charge on any atom is -0.454 e. The van der Waals surface area contributed by atoms with Crippen LogP contribution in [0, 0.1) is 41.3 Å². The lowest BCUT2D eigenvalue weighted by Crippen LogP contribution is -2.26. The normalized spacial score (nSPS) is 25.5. The van der Waals surface area contributed by atoms with E-state index in [2.05, 4.69) is 13.0 Å². The molecule has 0 saturated heterocycles. The molecule has 2 aromatic carbocycles. The van der Waals surface area contributed by atoms with Crippen molar-refractivity contribution in [2.45, 2.75) is 83.2 Å². The molecule has 0 heterocycles. The molecule has 0 aliphatic heterocycles. The summed E-state index contributed by atoms with van der Waals surface area (Å²) < 4.78 is 87.4. The van der Waals surface area contributed by atoms with Gasteiger partial charge in [0.25, 0.3) is 0 Å². The molecule has 0 spiro atoms. The van der Waals surface area contributed by atoms with Gasteiger partial charge >= 0.3 is 6.18 Å². The SMILES string of the molecule is CCC[C@H]1CC[C@H](C2CCC(c3c(F)c[c]c(Oc4ccc(C(F)(F)F)c(F)c4)c3F)CC2)CC1. The Balaban J connectivity index is 1.42. The van der Waals surface area contributed by atoms with Gasteiger partial charge in [0.05, 0.1) is 5.56 Å². The van der Waals surface area contributed by atoms with Crippen LogP contribution in [0.15, 0.2) is 24.3 Å². The second kappa shape index (κ2) is 10.8. The van der Waals surface area contributed by atoms with Gasteiger partial charge in [0, 0.05) is 17.7 Å². The first-order valence-corrected chi connectivity index (χ1v) is 12.6. The zero-order chi connectivity index (χ0) is 25.2. The molecule has 1 nitrogen and oxygen atoms in total. The number of halogens is 6. The molecule has 2 aromatic rings. The van der Waals surface area contributed by atoms with Gasteiger partial charge in [-0.05, 0) is 80.4 Å². The molecule has 0 atom stereocenters. The van der Waals surface area contributed by atoms with Crippen LogP contribution < -0.4 is 4.74 Å². The van der Waals surface area contributed by atoms with Crippen LogP contribution >= 0.6 is 0 Å². The van der Waals surface area contributed by atoms with Crippen molar-refractivity contribution in [3.8, 4) is 11.5 Å². The van der Waals surface area contributed by atoms with E-state index in [1.165, 1.54) is 38.5 Å². The van der Waals surface area contributed by atoms with Crippen LogP contribution in [0.4, 0.5) is 26.3 Å². The molecular formula is C28H31F6O. The van der Waals surface area contributed by atoms with Gasteiger partial charge < -0.3 is 4.74 Å². The number of benzene rings is 2. The van der Waals surface area contributed by atoms with Crippen LogP contribution in [0.5, 0.6) is 11.5 Å². The minimum absolute atomic E-state index is 0.0729. The zero-order valence-corrected chi connectivity index (χ0v) is 19.9. The molecule has 0 bridgehead atoms.